The maximum Gasteiger partial charge on any atom is 0.308 e. The summed E-state index contributed by atoms with van der Waals surface area (Å²) in [6.07, 6.45) is 8.61. The Morgan fingerprint density at radius 1 is 1.15 bits per heavy atom. The molecule has 7 heteroatoms. The molecule has 1 amide bonds. The summed E-state index contributed by atoms with van der Waals surface area (Å²) in [5.74, 6) is -0.890. The van der Waals surface area contributed by atoms with Crippen LogP contribution in [0.4, 0.5) is 0 Å². The molecule has 0 radical (unpaired) electrons. The minimum Gasteiger partial charge on any atom is -0.481 e. The van der Waals surface area contributed by atoms with Crippen LogP contribution in [0.15, 0.2) is 42.9 Å². The van der Waals surface area contributed by atoms with Crippen molar-refractivity contribution in [3.63, 3.8) is 0 Å². The lowest BCUT2D eigenvalue weighted by Gasteiger charge is -2.23. The number of rotatable bonds is 5. The van der Waals surface area contributed by atoms with E-state index < -0.39 is 11.9 Å². The molecule has 1 aromatic carbocycles. The van der Waals surface area contributed by atoms with Crippen molar-refractivity contribution >= 4 is 11.9 Å². The Bertz CT molecular complexity index is 766. The molecular formula is C19H21N3O4. The minimum atomic E-state index is -0.850. The topological polar surface area (TPSA) is 101 Å². The molecule has 0 bridgehead atoms. The van der Waals surface area contributed by atoms with Gasteiger partial charge in [-0.3, -0.25) is 14.6 Å². The smallest absolute Gasteiger partial charge is 0.308 e. The summed E-state index contributed by atoms with van der Waals surface area (Å²) in [6, 6.07) is 6.36. The average molecular weight is 355 g/mol. The number of aliphatic carboxylic acids is 1. The van der Waals surface area contributed by atoms with Crippen molar-refractivity contribution in [2.24, 2.45) is 5.92 Å². The Kier molecular flexibility index (Phi) is 5.78. The molecule has 3 rings (SSSR count). The molecule has 1 heterocycles. The van der Waals surface area contributed by atoms with E-state index in [2.05, 4.69) is 15.3 Å². The molecule has 0 saturated heterocycles. The van der Waals surface area contributed by atoms with E-state index in [-0.39, 0.29) is 11.9 Å². The molecule has 7 nitrogen and oxygen atoms in total. The summed E-state index contributed by atoms with van der Waals surface area (Å²) < 4.78 is 5.59. The Morgan fingerprint density at radius 3 is 2.77 bits per heavy atom. The molecule has 0 unspecified atom stereocenters. The number of aromatic nitrogens is 2. The van der Waals surface area contributed by atoms with Crippen LogP contribution in [0, 0.1) is 5.92 Å². The lowest BCUT2D eigenvalue weighted by atomic mass is 9.94. The first-order chi connectivity index (χ1) is 12.6. The summed E-state index contributed by atoms with van der Waals surface area (Å²) in [5, 5.41) is 12.3. The quantitative estimate of drug-likeness (QED) is 0.800. The zero-order valence-electron chi connectivity index (χ0n) is 14.3. The number of benzene rings is 1. The number of carboxylic acid groups (broad SMARTS) is 1. The lowest BCUT2D eigenvalue weighted by molar-refractivity contribution is -0.142. The number of carboxylic acids is 1. The first kappa shape index (κ1) is 17.8. The first-order valence-corrected chi connectivity index (χ1v) is 8.71. The van der Waals surface area contributed by atoms with Gasteiger partial charge in [-0.25, -0.2) is 4.98 Å². The fourth-order valence-corrected chi connectivity index (χ4v) is 3.19. The average Bonchev–Trinajstić information content (AvgIpc) is 2.88. The van der Waals surface area contributed by atoms with Crippen molar-refractivity contribution in [2.75, 3.05) is 0 Å². The van der Waals surface area contributed by atoms with Gasteiger partial charge in [-0.15, -0.1) is 0 Å². The third kappa shape index (κ3) is 4.56. The van der Waals surface area contributed by atoms with Crippen LogP contribution in [0.1, 0.15) is 42.5 Å². The molecule has 1 aliphatic rings. The van der Waals surface area contributed by atoms with E-state index in [0.717, 1.165) is 19.3 Å². The van der Waals surface area contributed by atoms with Crippen molar-refractivity contribution in [1.82, 2.24) is 15.3 Å². The maximum absolute atomic E-state index is 12.6. The van der Waals surface area contributed by atoms with Gasteiger partial charge in [0.05, 0.1) is 12.1 Å². The van der Waals surface area contributed by atoms with Crippen LogP contribution >= 0.6 is 0 Å². The number of hydrogen-bond acceptors (Lipinski definition) is 5. The van der Waals surface area contributed by atoms with E-state index in [1.807, 2.05) is 0 Å². The van der Waals surface area contributed by atoms with Crippen molar-refractivity contribution < 1.29 is 19.4 Å². The van der Waals surface area contributed by atoms with Gasteiger partial charge in [0.1, 0.15) is 5.75 Å². The second kappa shape index (κ2) is 8.42. The highest BCUT2D eigenvalue weighted by molar-refractivity contribution is 5.95. The predicted octanol–water partition coefficient (Wildman–Crippen LogP) is 3.03. The lowest BCUT2D eigenvalue weighted by Crippen LogP contribution is -2.42. The van der Waals surface area contributed by atoms with Gasteiger partial charge in [0.2, 0.25) is 5.88 Å². The number of hydrogen-bond donors (Lipinski definition) is 2. The van der Waals surface area contributed by atoms with Crippen LogP contribution in [-0.2, 0) is 4.79 Å². The summed E-state index contributed by atoms with van der Waals surface area (Å²) >= 11 is 0. The second-order valence-electron chi connectivity index (χ2n) is 6.34. The molecular weight excluding hydrogens is 334 g/mol. The molecule has 1 aromatic heterocycles. The molecule has 1 aliphatic carbocycles. The molecule has 1 saturated carbocycles. The number of amides is 1. The Morgan fingerprint density at radius 2 is 2.00 bits per heavy atom. The Balaban J connectivity index is 1.71. The van der Waals surface area contributed by atoms with Gasteiger partial charge in [0.25, 0.3) is 5.91 Å². The molecule has 0 spiro atoms. The van der Waals surface area contributed by atoms with Gasteiger partial charge < -0.3 is 15.2 Å². The number of nitrogens with one attached hydrogen (secondary N) is 1. The Hall–Kier alpha value is -2.96. The van der Waals surface area contributed by atoms with Gasteiger partial charge >= 0.3 is 5.97 Å². The van der Waals surface area contributed by atoms with Crippen molar-refractivity contribution in [2.45, 2.75) is 38.1 Å². The summed E-state index contributed by atoms with van der Waals surface area (Å²) in [6.45, 7) is 0. The van der Waals surface area contributed by atoms with Crippen molar-refractivity contribution in [3.8, 4) is 11.6 Å². The highest BCUT2D eigenvalue weighted by Gasteiger charge is 2.30. The van der Waals surface area contributed by atoms with E-state index in [1.54, 1.807) is 30.5 Å². The monoisotopic (exact) mass is 355 g/mol. The van der Waals surface area contributed by atoms with Crippen molar-refractivity contribution in [1.29, 1.82) is 0 Å². The van der Waals surface area contributed by atoms with Gasteiger partial charge in [0.15, 0.2) is 0 Å². The van der Waals surface area contributed by atoms with E-state index in [9.17, 15) is 14.7 Å². The normalized spacial score (nSPS) is 20.0. The molecule has 2 N–H and O–H groups in total. The van der Waals surface area contributed by atoms with E-state index in [4.69, 9.17) is 4.74 Å². The predicted molar refractivity (Wildman–Crippen MR) is 94.0 cm³/mol. The van der Waals surface area contributed by atoms with Gasteiger partial charge in [-0.05, 0) is 31.0 Å². The third-order valence-corrected chi connectivity index (χ3v) is 4.51. The van der Waals surface area contributed by atoms with Gasteiger partial charge in [0, 0.05) is 24.0 Å². The largest absolute Gasteiger partial charge is 0.481 e. The second-order valence-corrected chi connectivity index (χ2v) is 6.34. The fourth-order valence-electron chi connectivity index (χ4n) is 3.19. The highest BCUT2D eigenvalue weighted by Crippen LogP contribution is 2.25. The zero-order chi connectivity index (χ0) is 18.4. The van der Waals surface area contributed by atoms with Crippen LogP contribution in [0.3, 0.4) is 0 Å². The first-order valence-electron chi connectivity index (χ1n) is 8.71. The standard InChI is InChI=1S/C19H21N3O4/c23-18(22-16-8-3-1-2-7-15(16)19(24)25)13-5-4-6-14(11-13)26-17-12-20-9-10-21-17/h4-6,9-12,15-16H,1-3,7-8H2,(H,22,23)(H,24,25)/t15-,16+/m1/s1. The number of nitrogens with zero attached hydrogens (tertiary/aromatic N) is 2. The molecule has 2 aromatic rings. The summed E-state index contributed by atoms with van der Waals surface area (Å²) in [7, 11) is 0. The molecule has 1 fully saturated rings. The molecule has 0 aliphatic heterocycles. The molecule has 2 atom stereocenters. The van der Waals surface area contributed by atoms with Crippen molar-refractivity contribution in [3.05, 3.63) is 48.4 Å². The van der Waals surface area contributed by atoms with Gasteiger partial charge in [-0.1, -0.05) is 25.3 Å². The Labute approximate surface area is 151 Å². The van der Waals surface area contributed by atoms with E-state index in [0.29, 0.717) is 30.0 Å². The van der Waals surface area contributed by atoms with Crippen LogP contribution < -0.4 is 10.1 Å². The maximum atomic E-state index is 12.6. The van der Waals surface area contributed by atoms with Crippen LogP contribution in [0.2, 0.25) is 0 Å². The molecule has 26 heavy (non-hydrogen) atoms. The van der Waals surface area contributed by atoms with E-state index in [1.165, 1.54) is 12.4 Å². The number of carbonyl (C=O) groups is 2. The van der Waals surface area contributed by atoms with E-state index >= 15 is 0 Å². The summed E-state index contributed by atoms with van der Waals surface area (Å²) in [5.41, 5.74) is 0.416. The van der Waals surface area contributed by atoms with Crippen LogP contribution in [0.5, 0.6) is 11.6 Å². The number of carbonyl (C=O) groups excluding carboxylic acids is 1. The molecule has 136 valence electrons. The minimum absolute atomic E-state index is 0.298. The fraction of sp³-hybridized carbons (Fsp3) is 0.368. The van der Waals surface area contributed by atoms with Crippen LogP contribution in [0.25, 0.3) is 0 Å². The van der Waals surface area contributed by atoms with Gasteiger partial charge in [-0.2, -0.15) is 0 Å². The van der Waals surface area contributed by atoms with Crippen LogP contribution in [-0.4, -0.2) is 33.0 Å². The highest BCUT2D eigenvalue weighted by atomic mass is 16.5. The number of ether oxygens (including phenoxy) is 1. The summed E-state index contributed by atoms with van der Waals surface area (Å²) in [4.78, 5) is 32.1. The third-order valence-electron chi connectivity index (χ3n) is 4.51. The SMILES string of the molecule is O=C(N[C@H]1CCCCC[C@H]1C(=O)O)c1cccc(Oc2cnccn2)c1. The zero-order valence-corrected chi connectivity index (χ0v) is 14.3.